The molecule has 0 aliphatic rings. The van der Waals surface area contributed by atoms with Gasteiger partial charge in [-0.1, -0.05) is 42.5 Å². The lowest BCUT2D eigenvalue weighted by molar-refractivity contribution is 1.22. The van der Waals surface area contributed by atoms with Gasteiger partial charge in [0.1, 0.15) is 0 Å². The summed E-state index contributed by atoms with van der Waals surface area (Å²) in [4.78, 5) is 5.07. The van der Waals surface area contributed by atoms with E-state index in [2.05, 4.69) is 94.6 Å². The lowest BCUT2D eigenvalue weighted by atomic mass is 9.96. The van der Waals surface area contributed by atoms with Gasteiger partial charge in [0.2, 0.25) is 5.78 Å². The van der Waals surface area contributed by atoms with Gasteiger partial charge in [-0.05, 0) is 82.9 Å². The summed E-state index contributed by atoms with van der Waals surface area (Å²) in [6.07, 6.45) is 0. The largest absolute Gasteiger partial charge is 0.277 e. The molecule has 0 aliphatic carbocycles. The van der Waals surface area contributed by atoms with E-state index in [0.717, 1.165) is 39.0 Å². The highest BCUT2D eigenvalue weighted by Crippen LogP contribution is 2.41. The van der Waals surface area contributed by atoms with Gasteiger partial charge in [0.15, 0.2) is 0 Å². The molecule has 4 heteroatoms. The molecule has 8 rings (SSSR count). The average Bonchev–Trinajstić information content (AvgIpc) is 3.52. The van der Waals surface area contributed by atoms with Crippen molar-refractivity contribution in [2.24, 2.45) is 0 Å². The monoisotopic (exact) mass is 446 g/mol. The van der Waals surface area contributed by atoms with E-state index in [4.69, 9.17) is 4.98 Å². The Labute approximate surface area is 200 Å². The van der Waals surface area contributed by atoms with Gasteiger partial charge >= 0.3 is 0 Å². The fourth-order valence-electron chi connectivity index (χ4n) is 5.80. The standard InChI is InChI=1S/C31H18N4/c1-18-12-19(17-32)10-11-23(18)22-14-25-24-13-20-6-2-3-7-21(20)15-28(24)35-30(25)29(16-22)34-27-9-5-4-8-26(27)33-31(34)35/h2-16H,1H3. The number of aryl methyl sites for hydroxylation is 1. The Morgan fingerprint density at radius 2 is 1.51 bits per heavy atom. The highest BCUT2D eigenvalue weighted by atomic mass is 15.2. The van der Waals surface area contributed by atoms with Crippen LogP contribution in [0.5, 0.6) is 0 Å². The highest BCUT2D eigenvalue weighted by molar-refractivity contribution is 6.19. The normalized spacial score (nSPS) is 12.1. The number of para-hydroxylation sites is 2. The second-order valence-electron chi connectivity index (χ2n) is 9.32. The van der Waals surface area contributed by atoms with Crippen molar-refractivity contribution in [3.63, 3.8) is 0 Å². The van der Waals surface area contributed by atoms with Gasteiger partial charge in [-0.25, -0.2) is 4.98 Å². The van der Waals surface area contributed by atoms with Crippen LogP contribution in [-0.2, 0) is 0 Å². The molecule has 0 saturated carbocycles. The number of hydrogen-bond acceptors (Lipinski definition) is 2. The molecule has 162 valence electrons. The van der Waals surface area contributed by atoms with Gasteiger partial charge < -0.3 is 0 Å². The Morgan fingerprint density at radius 1 is 0.714 bits per heavy atom. The first-order chi connectivity index (χ1) is 17.2. The predicted octanol–water partition coefficient (Wildman–Crippen LogP) is 7.48. The van der Waals surface area contributed by atoms with Crippen LogP contribution >= 0.6 is 0 Å². The second kappa shape index (κ2) is 6.37. The van der Waals surface area contributed by atoms with Crippen molar-refractivity contribution in [2.75, 3.05) is 0 Å². The molecule has 0 aliphatic heterocycles. The van der Waals surface area contributed by atoms with Gasteiger partial charge in [0.25, 0.3) is 0 Å². The van der Waals surface area contributed by atoms with Crippen molar-refractivity contribution in [1.29, 1.82) is 5.26 Å². The molecule has 35 heavy (non-hydrogen) atoms. The summed E-state index contributed by atoms with van der Waals surface area (Å²) in [7, 11) is 0. The molecule has 0 unspecified atom stereocenters. The highest BCUT2D eigenvalue weighted by Gasteiger charge is 2.22. The Hall–Kier alpha value is -4.88. The average molecular weight is 447 g/mol. The zero-order valence-corrected chi connectivity index (χ0v) is 18.9. The molecule has 0 bridgehead atoms. The van der Waals surface area contributed by atoms with E-state index in [1.807, 2.05) is 18.2 Å². The number of nitrogens with zero attached hydrogens (tertiary/aromatic N) is 4. The number of aromatic nitrogens is 3. The molecular weight excluding hydrogens is 428 g/mol. The maximum atomic E-state index is 9.35. The first-order valence-corrected chi connectivity index (χ1v) is 11.7. The fourth-order valence-corrected chi connectivity index (χ4v) is 5.80. The van der Waals surface area contributed by atoms with Crippen LogP contribution in [0.4, 0.5) is 0 Å². The summed E-state index contributed by atoms with van der Waals surface area (Å²) in [6.45, 7) is 2.08. The third kappa shape index (κ3) is 2.32. The number of nitriles is 1. The number of fused-ring (bicyclic) bond motifs is 9. The molecule has 0 N–H and O–H groups in total. The molecule has 5 aromatic carbocycles. The van der Waals surface area contributed by atoms with Crippen molar-refractivity contribution in [3.05, 3.63) is 102 Å². The molecule has 0 saturated heterocycles. The van der Waals surface area contributed by atoms with Crippen molar-refractivity contribution in [3.8, 4) is 17.2 Å². The zero-order chi connectivity index (χ0) is 23.3. The molecule has 0 amide bonds. The van der Waals surface area contributed by atoms with E-state index in [9.17, 15) is 5.26 Å². The predicted molar refractivity (Wildman–Crippen MR) is 142 cm³/mol. The molecule has 0 atom stereocenters. The summed E-state index contributed by atoms with van der Waals surface area (Å²) in [5.41, 5.74) is 9.67. The quantitative estimate of drug-likeness (QED) is 0.262. The van der Waals surface area contributed by atoms with Crippen LogP contribution in [0.3, 0.4) is 0 Å². The lowest BCUT2D eigenvalue weighted by Gasteiger charge is -2.08. The number of rotatable bonds is 1. The van der Waals surface area contributed by atoms with Crippen LogP contribution in [0.25, 0.3) is 66.0 Å². The SMILES string of the molecule is Cc1cc(C#N)ccc1-c1cc2c3cc4ccccc4cc3n3c2c(c1)n1c2ccccc2nc13. The van der Waals surface area contributed by atoms with Crippen LogP contribution in [0.15, 0.2) is 91.0 Å². The first-order valence-electron chi connectivity index (χ1n) is 11.7. The molecule has 0 spiro atoms. The van der Waals surface area contributed by atoms with Gasteiger partial charge in [0, 0.05) is 10.8 Å². The number of benzene rings is 5. The van der Waals surface area contributed by atoms with E-state index in [1.165, 1.54) is 32.6 Å². The topological polar surface area (TPSA) is 45.5 Å². The first kappa shape index (κ1) is 18.5. The maximum Gasteiger partial charge on any atom is 0.220 e. The Kier molecular flexibility index (Phi) is 3.37. The third-order valence-corrected chi connectivity index (χ3v) is 7.36. The fraction of sp³-hybridized carbons (Fsp3) is 0.0323. The Morgan fingerprint density at radius 3 is 2.34 bits per heavy atom. The summed E-state index contributed by atoms with van der Waals surface area (Å²) in [5.74, 6) is 0.935. The van der Waals surface area contributed by atoms with Crippen molar-refractivity contribution in [1.82, 2.24) is 13.8 Å². The lowest BCUT2D eigenvalue weighted by Crippen LogP contribution is -1.88. The van der Waals surface area contributed by atoms with Crippen molar-refractivity contribution >= 4 is 54.9 Å². The molecule has 4 nitrogen and oxygen atoms in total. The van der Waals surface area contributed by atoms with Crippen LogP contribution in [0.2, 0.25) is 0 Å². The van der Waals surface area contributed by atoms with Crippen LogP contribution in [0, 0.1) is 18.3 Å². The van der Waals surface area contributed by atoms with E-state index in [1.54, 1.807) is 0 Å². The molecule has 3 aromatic heterocycles. The summed E-state index contributed by atoms with van der Waals surface area (Å²) < 4.78 is 4.61. The zero-order valence-electron chi connectivity index (χ0n) is 18.9. The van der Waals surface area contributed by atoms with Crippen molar-refractivity contribution in [2.45, 2.75) is 6.92 Å². The number of imidazole rings is 2. The van der Waals surface area contributed by atoms with Gasteiger partial charge in [-0.15, -0.1) is 0 Å². The van der Waals surface area contributed by atoms with Crippen LogP contribution in [-0.4, -0.2) is 13.8 Å². The minimum atomic E-state index is 0.683. The third-order valence-electron chi connectivity index (χ3n) is 7.36. The van der Waals surface area contributed by atoms with Gasteiger partial charge in [-0.2, -0.15) is 5.26 Å². The maximum absolute atomic E-state index is 9.35. The van der Waals surface area contributed by atoms with Crippen molar-refractivity contribution < 1.29 is 0 Å². The number of hydrogen-bond donors (Lipinski definition) is 0. The van der Waals surface area contributed by atoms with Gasteiger partial charge in [0.05, 0.1) is 39.2 Å². The van der Waals surface area contributed by atoms with E-state index in [-0.39, 0.29) is 0 Å². The molecular formula is C31H18N4. The van der Waals surface area contributed by atoms with Gasteiger partial charge in [-0.3, -0.25) is 8.80 Å². The minimum Gasteiger partial charge on any atom is -0.277 e. The second-order valence-corrected chi connectivity index (χ2v) is 9.32. The molecule has 0 radical (unpaired) electrons. The van der Waals surface area contributed by atoms with Crippen LogP contribution in [0.1, 0.15) is 11.1 Å². The Balaban J connectivity index is 1.62. The van der Waals surface area contributed by atoms with E-state index in [0.29, 0.717) is 5.56 Å². The Bertz CT molecular complexity index is 2190. The summed E-state index contributed by atoms with van der Waals surface area (Å²) in [5, 5.41) is 14.3. The minimum absolute atomic E-state index is 0.683. The summed E-state index contributed by atoms with van der Waals surface area (Å²) in [6, 6.07) is 34.2. The van der Waals surface area contributed by atoms with E-state index < -0.39 is 0 Å². The molecule has 3 heterocycles. The smallest absolute Gasteiger partial charge is 0.220 e. The molecule has 8 aromatic rings. The van der Waals surface area contributed by atoms with E-state index >= 15 is 0 Å². The molecule has 0 fully saturated rings. The van der Waals surface area contributed by atoms with Crippen LogP contribution < -0.4 is 0 Å². The summed E-state index contributed by atoms with van der Waals surface area (Å²) >= 11 is 0.